The second-order valence-corrected chi connectivity index (χ2v) is 6.55. The molecule has 21 heavy (non-hydrogen) atoms. The van der Waals surface area contributed by atoms with Crippen LogP contribution < -0.4 is 4.72 Å². The smallest absolute Gasteiger partial charge is 0.240 e. The van der Waals surface area contributed by atoms with Crippen LogP contribution in [0.2, 0.25) is 0 Å². The molecule has 0 aromatic heterocycles. The molecule has 0 bridgehead atoms. The molecular weight excluding hydrogens is 290 g/mol. The van der Waals surface area contributed by atoms with Gasteiger partial charge in [-0.05, 0) is 36.5 Å². The fourth-order valence-corrected chi connectivity index (χ4v) is 3.38. The van der Waals surface area contributed by atoms with Crippen molar-refractivity contribution in [1.29, 1.82) is 0 Å². The minimum atomic E-state index is -3.55. The molecule has 2 N–H and O–H groups in total. The van der Waals surface area contributed by atoms with Crippen molar-refractivity contribution in [2.75, 3.05) is 19.8 Å². The molecule has 1 rings (SSSR count). The molecule has 5 nitrogen and oxygen atoms in total. The van der Waals surface area contributed by atoms with Gasteiger partial charge in [-0.2, -0.15) is 0 Å². The molecule has 0 amide bonds. The van der Waals surface area contributed by atoms with Crippen molar-refractivity contribution in [1.82, 2.24) is 4.72 Å². The van der Waals surface area contributed by atoms with Crippen molar-refractivity contribution in [3.05, 3.63) is 29.3 Å². The maximum atomic E-state index is 12.3. The molecule has 0 aliphatic carbocycles. The van der Waals surface area contributed by atoms with E-state index < -0.39 is 10.0 Å². The van der Waals surface area contributed by atoms with Crippen molar-refractivity contribution in [3.8, 4) is 0 Å². The van der Waals surface area contributed by atoms with Gasteiger partial charge in [-0.1, -0.05) is 26.0 Å². The fraction of sp³-hybridized carbons (Fsp3) is 0.600. The van der Waals surface area contributed by atoms with Gasteiger partial charge in [-0.15, -0.1) is 0 Å². The lowest BCUT2D eigenvalue weighted by molar-refractivity contribution is 0.133. The van der Waals surface area contributed by atoms with E-state index in [0.717, 1.165) is 12.0 Å². The van der Waals surface area contributed by atoms with Crippen LogP contribution in [0, 0.1) is 0 Å². The number of sulfonamides is 1. The maximum absolute atomic E-state index is 12.3. The molecule has 0 aliphatic heterocycles. The van der Waals surface area contributed by atoms with E-state index in [9.17, 15) is 8.42 Å². The Morgan fingerprint density at radius 1 is 1.24 bits per heavy atom. The maximum Gasteiger partial charge on any atom is 0.240 e. The molecule has 0 saturated carbocycles. The Hall–Kier alpha value is -0.950. The molecule has 6 heteroatoms. The molecule has 0 saturated heterocycles. The summed E-state index contributed by atoms with van der Waals surface area (Å²) >= 11 is 0. The van der Waals surface area contributed by atoms with E-state index in [2.05, 4.69) is 4.72 Å². The topological polar surface area (TPSA) is 75.6 Å². The number of rotatable bonds is 10. The average molecular weight is 315 g/mol. The second-order valence-electron chi connectivity index (χ2n) is 4.82. The number of ether oxygens (including phenoxy) is 1. The van der Waals surface area contributed by atoms with Crippen LogP contribution in [0.4, 0.5) is 0 Å². The number of aliphatic hydroxyl groups is 1. The van der Waals surface area contributed by atoms with E-state index in [1.54, 1.807) is 12.1 Å². The van der Waals surface area contributed by atoms with Crippen LogP contribution in [0.25, 0.3) is 0 Å². The van der Waals surface area contributed by atoms with Crippen molar-refractivity contribution < 1.29 is 18.3 Å². The Bertz CT molecular complexity index is 528. The molecule has 120 valence electrons. The highest BCUT2D eigenvalue weighted by Crippen LogP contribution is 2.18. The summed E-state index contributed by atoms with van der Waals surface area (Å²) in [5.41, 5.74) is 1.35. The van der Waals surface area contributed by atoms with E-state index in [4.69, 9.17) is 9.84 Å². The third kappa shape index (κ3) is 5.74. The number of benzene rings is 1. The first-order valence-corrected chi connectivity index (χ1v) is 8.83. The van der Waals surface area contributed by atoms with Crippen molar-refractivity contribution in [2.45, 2.75) is 44.6 Å². The summed E-state index contributed by atoms with van der Waals surface area (Å²) in [6.07, 6.45) is 2.22. The van der Waals surface area contributed by atoms with Crippen LogP contribution in [0.3, 0.4) is 0 Å². The van der Waals surface area contributed by atoms with E-state index in [-0.39, 0.29) is 11.5 Å². The first-order chi connectivity index (χ1) is 10.0. The van der Waals surface area contributed by atoms with Gasteiger partial charge in [-0.25, -0.2) is 13.1 Å². The molecule has 0 aliphatic rings. The quantitative estimate of drug-likeness (QED) is 0.646. The van der Waals surface area contributed by atoms with Gasteiger partial charge >= 0.3 is 0 Å². The average Bonchev–Trinajstić information content (AvgIpc) is 2.50. The minimum Gasteiger partial charge on any atom is -0.392 e. The van der Waals surface area contributed by atoms with Crippen molar-refractivity contribution >= 4 is 10.0 Å². The monoisotopic (exact) mass is 315 g/mol. The third-order valence-electron chi connectivity index (χ3n) is 3.09. The van der Waals surface area contributed by atoms with E-state index in [1.807, 2.05) is 13.8 Å². The number of hydrogen-bond acceptors (Lipinski definition) is 4. The lowest BCUT2D eigenvalue weighted by atomic mass is 10.1. The predicted octanol–water partition coefficient (Wildman–Crippen LogP) is 1.84. The number of aliphatic hydroxyl groups excluding tert-OH is 1. The highest BCUT2D eigenvalue weighted by Gasteiger charge is 2.17. The molecule has 0 spiro atoms. The minimum absolute atomic E-state index is 0.169. The summed E-state index contributed by atoms with van der Waals surface area (Å²) in [6, 6.07) is 5.04. The second kappa shape index (κ2) is 9.15. The molecule has 0 radical (unpaired) electrons. The predicted molar refractivity (Wildman–Crippen MR) is 82.7 cm³/mol. The molecule has 0 fully saturated rings. The lowest BCUT2D eigenvalue weighted by Gasteiger charge is -2.12. The first kappa shape index (κ1) is 18.1. The van der Waals surface area contributed by atoms with Crippen LogP contribution in [-0.4, -0.2) is 33.3 Å². The summed E-state index contributed by atoms with van der Waals surface area (Å²) in [4.78, 5) is 0.256. The van der Waals surface area contributed by atoms with Crippen molar-refractivity contribution in [2.24, 2.45) is 0 Å². The zero-order valence-corrected chi connectivity index (χ0v) is 13.6. The summed E-state index contributed by atoms with van der Waals surface area (Å²) < 4.78 is 32.6. The van der Waals surface area contributed by atoms with E-state index in [1.165, 1.54) is 6.07 Å². The van der Waals surface area contributed by atoms with Gasteiger partial charge in [0.15, 0.2) is 0 Å². The highest BCUT2D eigenvalue weighted by atomic mass is 32.2. The number of aryl methyl sites for hydroxylation is 1. The molecule has 1 aromatic rings. The molecule has 0 heterocycles. The van der Waals surface area contributed by atoms with Crippen LogP contribution >= 0.6 is 0 Å². The summed E-state index contributed by atoms with van der Waals surface area (Å²) in [5, 5.41) is 9.16. The molecule has 0 unspecified atom stereocenters. The van der Waals surface area contributed by atoms with E-state index >= 15 is 0 Å². The van der Waals surface area contributed by atoms with Crippen LogP contribution in [0.5, 0.6) is 0 Å². The summed E-state index contributed by atoms with van der Waals surface area (Å²) in [7, 11) is -3.55. The van der Waals surface area contributed by atoms with Gasteiger partial charge in [0.25, 0.3) is 0 Å². The Balaban J connectivity index is 2.69. The van der Waals surface area contributed by atoms with Crippen LogP contribution in [-0.2, 0) is 27.8 Å². The lowest BCUT2D eigenvalue weighted by Crippen LogP contribution is -2.26. The normalized spacial score (nSPS) is 11.8. The first-order valence-electron chi connectivity index (χ1n) is 7.35. The Morgan fingerprint density at radius 3 is 2.62 bits per heavy atom. The Kier molecular flexibility index (Phi) is 7.88. The van der Waals surface area contributed by atoms with Gasteiger partial charge in [0.2, 0.25) is 10.0 Å². The Morgan fingerprint density at radius 2 is 2.00 bits per heavy atom. The largest absolute Gasteiger partial charge is 0.392 e. The Labute approximate surface area is 127 Å². The molecule has 1 aromatic carbocycles. The highest BCUT2D eigenvalue weighted by molar-refractivity contribution is 7.89. The zero-order valence-electron chi connectivity index (χ0n) is 12.8. The van der Waals surface area contributed by atoms with Crippen LogP contribution in [0.1, 0.15) is 37.8 Å². The molecule has 0 atom stereocenters. The van der Waals surface area contributed by atoms with Gasteiger partial charge in [0.1, 0.15) is 0 Å². The molecular formula is C15H25NO4S. The number of hydrogen-bond donors (Lipinski definition) is 2. The van der Waals surface area contributed by atoms with E-state index in [0.29, 0.717) is 38.2 Å². The summed E-state index contributed by atoms with van der Waals surface area (Å²) in [6.45, 7) is 5.36. The number of nitrogens with one attached hydrogen (secondary N) is 1. The van der Waals surface area contributed by atoms with Gasteiger partial charge < -0.3 is 9.84 Å². The van der Waals surface area contributed by atoms with Gasteiger partial charge in [0, 0.05) is 19.8 Å². The standard InChI is InChI=1S/C15H25NO4S/c1-3-9-20-10-5-8-16-21(18,19)15-11-13(12-17)6-7-14(15)4-2/h6-7,11,16-17H,3-5,8-10,12H2,1-2H3. The fourth-order valence-electron chi connectivity index (χ4n) is 1.94. The summed E-state index contributed by atoms with van der Waals surface area (Å²) in [5.74, 6) is 0. The SMILES string of the molecule is CCCOCCCNS(=O)(=O)c1cc(CO)ccc1CC. The third-order valence-corrected chi connectivity index (χ3v) is 4.63. The van der Waals surface area contributed by atoms with Gasteiger partial charge in [0.05, 0.1) is 11.5 Å². The van der Waals surface area contributed by atoms with Gasteiger partial charge in [-0.3, -0.25) is 0 Å². The zero-order chi connectivity index (χ0) is 15.7. The van der Waals surface area contributed by atoms with Crippen molar-refractivity contribution in [3.63, 3.8) is 0 Å². The van der Waals surface area contributed by atoms with Crippen LogP contribution in [0.15, 0.2) is 23.1 Å².